The number of aromatic nitrogens is 1. The molecule has 0 unspecified atom stereocenters. The van der Waals surface area contributed by atoms with E-state index in [0.29, 0.717) is 12.1 Å². The number of aryl methyl sites for hydroxylation is 1. The van der Waals surface area contributed by atoms with Crippen molar-refractivity contribution in [1.29, 1.82) is 0 Å². The topological polar surface area (TPSA) is 50.2 Å². The van der Waals surface area contributed by atoms with Crippen LogP contribution in [0.15, 0.2) is 36.5 Å². The molecule has 2 aliphatic heterocycles. The molecule has 0 saturated carbocycles. The minimum Gasteiger partial charge on any atom is -0.497 e. The lowest BCUT2D eigenvalue weighted by Crippen LogP contribution is -2.44. The van der Waals surface area contributed by atoms with Gasteiger partial charge < -0.3 is 14.2 Å². The second-order valence-electron chi connectivity index (χ2n) is 8.65. The SMILES string of the molecule is CCN(OC)C(=O)c1cn(CCCN2CCC(N3CC=CC3)CC2)c2ccc(OC)cc12. The van der Waals surface area contributed by atoms with Crippen molar-refractivity contribution in [3.05, 3.63) is 42.1 Å². The molecule has 7 nitrogen and oxygen atoms in total. The lowest BCUT2D eigenvalue weighted by molar-refractivity contribution is -0.0913. The summed E-state index contributed by atoms with van der Waals surface area (Å²) in [5, 5.41) is 2.29. The molecule has 1 aromatic carbocycles. The van der Waals surface area contributed by atoms with Gasteiger partial charge in [0, 0.05) is 49.3 Å². The number of likely N-dealkylation sites (tertiary alicyclic amines) is 1. The van der Waals surface area contributed by atoms with Crippen LogP contribution in [-0.2, 0) is 11.4 Å². The van der Waals surface area contributed by atoms with Gasteiger partial charge in [0.1, 0.15) is 5.75 Å². The van der Waals surface area contributed by atoms with Gasteiger partial charge in [-0.2, -0.15) is 0 Å². The van der Waals surface area contributed by atoms with Crippen molar-refractivity contribution < 1.29 is 14.4 Å². The van der Waals surface area contributed by atoms with E-state index in [0.717, 1.165) is 55.3 Å². The third kappa shape index (κ3) is 4.85. The molecule has 174 valence electrons. The lowest BCUT2D eigenvalue weighted by atomic mass is 10.0. The Labute approximate surface area is 191 Å². The molecule has 1 saturated heterocycles. The molecule has 0 aliphatic carbocycles. The lowest BCUT2D eigenvalue weighted by Gasteiger charge is -2.36. The van der Waals surface area contributed by atoms with E-state index in [9.17, 15) is 4.79 Å². The fraction of sp³-hybridized carbons (Fsp3) is 0.560. The molecule has 0 radical (unpaired) electrons. The fourth-order valence-corrected chi connectivity index (χ4v) is 5.01. The zero-order valence-electron chi connectivity index (χ0n) is 19.6. The van der Waals surface area contributed by atoms with Gasteiger partial charge in [-0.15, -0.1) is 0 Å². The van der Waals surface area contributed by atoms with E-state index in [4.69, 9.17) is 9.57 Å². The highest BCUT2D eigenvalue weighted by molar-refractivity contribution is 6.07. The first-order chi connectivity index (χ1) is 15.6. The standard InChI is InChI=1S/C25H36N4O3/c1-4-29(32-3)25(30)23-19-28(24-9-8-21(31-2)18-22(23)24)15-7-12-26-16-10-20(11-17-26)27-13-5-6-14-27/h5-6,8-9,18-20H,4,7,10-17H2,1-3H3. The van der Waals surface area contributed by atoms with Gasteiger partial charge in [-0.25, -0.2) is 5.06 Å². The van der Waals surface area contributed by atoms with Gasteiger partial charge in [-0.1, -0.05) is 12.2 Å². The summed E-state index contributed by atoms with van der Waals surface area (Å²) in [6.45, 7) is 8.96. The first-order valence-electron chi connectivity index (χ1n) is 11.8. The van der Waals surface area contributed by atoms with Crippen LogP contribution in [0.3, 0.4) is 0 Å². The van der Waals surface area contributed by atoms with E-state index >= 15 is 0 Å². The molecule has 2 aliphatic rings. The number of carbonyl (C=O) groups is 1. The van der Waals surface area contributed by atoms with Crippen molar-refractivity contribution in [2.24, 2.45) is 0 Å². The minimum atomic E-state index is -0.120. The Morgan fingerprint density at radius 2 is 1.88 bits per heavy atom. The Balaban J connectivity index is 1.40. The van der Waals surface area contributed by atoms with Gasteiger partial charge in [0.05, 0.1) is 19.8 Å². The van der Waals surface area contributed by atoms with E-state index < -0.39 is 0 Å². The molecule has 1 amide bonds. The second-order valence-corrected chi connectivity index (χ2v) is 8.65. The quantitative estimate of drug-likeness (QED) is 0.442. The Morgan fingerprint density at radius 3 is 2.53 bits per heavy atom. The van der Waals surface area contributed by atoms with Crippen LogP contribution in [0, 0.1) is 0 Å². The zero-order chi connectivity index (χ0) is 22.5. The number of hydroxylamine groups is 2. The van der Waals surface area contributed by atoms with Crippen LogP contribution in [0.1, 0.15) is 36.5 Å². The maximum atomic E-state index is 13.0. The van der Waals surface area contributed by atoms with Gasteiger partial charge in [0.2, 0.25) is 0 Å². The summed E-state index contributed by atoms with van der Waals surface area (Å²) in [6, 6.07) is 6.68. The molecule has 32 heavy (non-hydrogen) atoms. The molecule has 1 aromatic heterocycles. The number of benzene rings is 1. The largest absolute Gasteiger partial charge is 0.497 e. The molecule has 3 heterocycles. The predicted octanol–water partition coefficient (Wildman–Crippen LogP) is 3.40. The summed E-state index contributed by atoms with van der Waals surface area (Å²) >= 11 is 0. The third-order valence-corrected chi connectivity index (χ3v) is 6.85. The summed E-state index contributed by atoms with van der Waals surface area (Å²) in [4.78, 5) is 23.5. The number of hydrogen-bond acceptors (Lipinski definition) is 5. The number of fused-ring (bicyclic) bond motifs is 1. The molecule has 0 spiro atoms. The first kappa shape index (κ1) is 22.8. The number of nitrogens with zero attached hydrogens (tertiary/aromatic N) is 4. The number of carbonyl (C=O) groups excluding carboxylic acids is 1. The fourth-order valence-electron chi connectivity index (χ4n) is 5.01. The van der Waals surface area contributed by atoms with Crippen molar-refractivity contribution in [3.63, 3.8) is 0 Å². The molecule has 0 atom stereocenters. The number of piperidine rings is 1. The summed E-state index contributed by atoms with van der Waals surface area (Å²) < 4.78 is 7.61. The van der Waals surface area contributed by atoms with Gasteiger partial charge in [-0.05, 0) is 64.0 Å². The highest BCUT2D eigenvalue weighted by atomic mass is 16.7. The van der Waals surface area contributed by atoms with Crippen molar-refractivity contribution in [3.8, 4) is 5.75 Å². The molecular weight excluding hydrogens is 404 g/mol. The molecule has 1 fully saturated rings. The van der Waals surface area contributed by atoms with Crippen LogP contribution >= 0.6 is 0 Å². The van der Waals surface area contributed by atoms with E-state index in [2.05, 4.69) is 26.5 Å². The Kier molecular flexibility index (Phi) is 7.50. The molecule has 7 heteroatoms. The number of hydrogen-bond donors (Lipinski definition) is 0. The van der Waals surface area contributed by atoms with Crippen LogP contribution in [-0.4, -0.2) is 84.9 Å². The third-order valence-electron chi connectivity index (χ3n) is 6.85. The smallest absolute Gasteiger partial charge is 0.279 e. The van der Waals surface area contributed by atoms with Crippen LogP contribution in [0.5, 0.6) is 5.75 Å². The molecule has 4 rings (SSSR count). The van der Waals surface area contributed by atoms with Crippen LogP contribution < -0.4 is 4.74 Å². The summed E-state index contributed by atoms with van der Waals surface area (Å²) in [5.41, 5.74) is 1.71. The predicted molar refractivity (Wildman–Crippen MR) is 127 cm³/mol. The van der Waals surface area contributed by atoms with Crippen molar-refractivity contribution in [1.82, 2.24) is 19.4 Å². The molecule has 2 aromatic rings. The molecular formula is C25H36N4O3. The van der Waals surface area contributed by atoms with E-state index in [1.165, 1.54) is 38.1 Å². The second kappa shape index (κ2) is 10.5. The Bertz CT molecular complexity index is 934. The number of rotatable bonds is 9. The normalized spacial score (nSPS) is 18.0. The maximum Gasteiger partial charge on any atom is 0.279 e. The molecule has 0 N–H and O–H groups in total. The highest BCUT2D eigenvalue weighted by Crippen LogP contribution is 2.28. The van der Waals surface area contributed by atoms with Crippen LogP contribution in [0.2, 0.25) is 0 Å². The first-order valence-corrected chi connectivity index (χ1v) is 11.8. The monoisotopic (exact) mass is 440 g/mol. The number of ether oxygens (including phenoxy) is 1. The average molecular weight is 441 g/mol. The van der Waals surface area contributed by atoms with Gasteiger partial charge in [0.25, 0.3) is 5.91 Å². The van der Waals surface area contributed by atoms with Crippen LogP contribution in [0.25, 0.3) is 10.9 Å². The summed E-state index contributed by atoms with van der Waals surface area (Å²) in [5.74, 6) is 0.631. The van der Waals surface area contributed by atoms with Gasteiger partial charge in [-0.3, -0.25) is 14.5 Å². The van der Waals surface area contributed by atoms with Crippen molar-refractivity contribution >= 4 is 16.8 Å². The van der Waals surface area contributed by atoms with Crippen molar-refractivity contribution in [2.75, 3.05) is 53.5 Å². The van der Waals surface area contributed by atoms with Gasteiger partial charge >= 0.3 is 0 Å². The summed E-state index contributed by atoms with van der Waals surface area (Å²) in [7, 11) is 3.18. The number of amides is 1. The van der Waals surface area contributed by atoms with E-state index in [1.54, 1.807) is 7.11 Å². The average Bonchev–Trinajstić information content (AvgIpc) is 3.48. The minimum absolute atomic E-state index is 0.120. The highest BCUT2D eigenvalue weighted by Gasteiger charge is 2.25. The number of methoxy groups -OCH3 is 1. The summed E-state index contributed by atoms with van der Waals surface area (Å²) in [6.07, 6.45) is 10.1. The maximum absolute atomic E-state index is 13.0. The van der Waals surface area contributed by atoms with E-state index in [-0.39, 0.29) is 5.91 Å². The Morgan fingerprint density at radius 1 is 1.12 bits per heavy atom. The van der Waals surface area contributed by atoms with Gasteiger partial charge in [0.15, 0.2) is 0 Å². The van der Waals surface area contributed by atoms with Crippen LogP contribution in [0.4, 0.5) is 0 Å². The van der Waals surface area contributed by atoms with Crippen molar-refractivity contribution in [2.45, 2.75) is 38.8 Å². The zero-order valence-corrected chi connectivity index (χ0v) is 19.6. The Hall–Kier alpha value is -2.35. The molecule has 0 bridgehead atoms. The van der Waals surface area contributed by atoms with E-state index in [1.807, 2.05) is 31.3 Å².